The summed E-state index contributed by atoms with van der Waals surface area (Å²) in [6, 6.07) is 40.3. The average Bonchev–Trinajstić information content (AvgIpc) is 2.89. The van der Waals surface area contributed by atoms with Crippen LogP contribution in [-0.2, 0) is 7.05 Å². The van der Waals surface area contributed by atoms with Crippen LogP contribution >= 0.6 is 7.26 Å². The molecule has 1 aromatic heterocycles. The van der Waals surface area contributed by atoms with E-state index in [4.69, 9.17) is 0 Å². The molecule has 0 saturated heterocycles. The summed E-state index contributed by atoms with van der Waals surface area (Å²) in [5.41, 5.74) is 2.67. The molecule has 6 aromatic rings. The average molecular weight is 458 g/mol. The van der Waals surface area contributed by atoms with Gasteiger partial charge < -0.3 is 0 Å². The molecule has 0 bridgehead atoms. The third-order valence-corrected chi connectivity index (χ3v) is 11.3. The number of benzene rings is 5. The summed E-state index contributed by atoms with van der Waals surface area (Å²) in [6.45, 7) is 4.81. The van der Waals surface area contributed by atoms with Crippen molar-refractivity contribution in [3.63, 3.8) is 0 Å². The zero-order valence-corrected chi connectivity index (χ0v) is 20.8. The van der Waals surface area contributed by atoms with Gasteiger partial charge in [-0.2, -0.15) is 0 Å². The predicted molar refractivity (Wildman–Crippen MR) is 150 cm³/mol. The van der Waals surface area contributed by atoms with Crippen molar-refractivity contribution in [1.82, 2.24) is 0 Å². The minimum absolute atomic E-state index is 1.28. The molecule has 2 heteroatoms. The highest BCUT2D eigenvalue weighted by atomic mass is 31.2. The Morgan fingerprint density at radius 3 is 1.85 bits per heavy atom. The van der Waals surface area contributed by atoms with Gasteiger partial charge in [-0.1, -0.05) is 54.6 Å². The third-order valence-electron chi connectivity index (χ3n) is 7.34. The van der Waals surface area contributed by atoms with E-state index >= 15 is 0 Å². The maximum atomic E-state index is 2.49. The van der Waals surface area contributed by atoms with Crippen LogP contribution in [0.4, 0.5) is 0 Å². The smallest absolute Gasteiger partial charge is 0.200 e. The number of aromatic nitrogens is 1. The molecule has 0 radical (unpaired) electrons. The van der Waals surface area contributed by atoms with Crippen molar-refractivity contribution in [3.05, 3.63) is 121 Å². The highest BCUT2D eigenvalue weighted by Crippen LogP contribution is 2.53. The first-order valence-corrected chi connectivity index (χ1v) is 14.0. The molecule has 0 aliphatic carbocycles. The second-order valence-corrected chi connectivity index (χ2v) is 12.8. The molecule has 0 atom stereocenters. The van der Waals surface area contributed by atoms with Gasteiger partial charge in [-0.05, 0) is 71.8 Å². The highest BCUT2D eigenvalue weighted by molar-refractivity contribution is 7.95. The van der Waals surface area contributed by atoms with Crippen LogP contribution in [0, 0.1) is 6.92 Å². The van der Waals surface area contributed by atoms with E-state index in [1.165, 1.54) is 53.9 Å². The number of rotatable bonds is 3. The Hall–Kier alpha value is -3.54. The topological polar surface area (TPSA) is 3.88 Å². The van der Waals surface area contributed by atoms with Gasteiger partial charge in [0.1, 0.15) is 30.2 Å². The second kappa shape index (κ2) is 8.05. The summed E-state index contributed by atoms with van der Waals surface area (Å²) < 4.78 is 2.27. The van der Waals surface area contributed by atoms with Crippen LogP contribution in [0.15, 0.2) is 115 Å². The molecule has 0 amide bonds. The van der Waals surface area contributed by atoms with Crippen molar-refractivity contribution in [2.45, 2.75) is 6.92 Å². The molecule has 5 aromatic carbocycles. The zero-order chi connectivity index (χ0) is 23.3. The van der Waals surface area contributed by atoms with Crippen molar-refractivity contribution in [1.29, 1.82) is 0 Å². The van der Waals surface area contributed by atoms with Crippen LogP contribution in [0.2, 0.25) is 0 Å². The van der Waals surface area contributed by atoms with Gasteiger partial charge in [0.2, 0.25) is 5.52 Å². The summed E-state index contributed by atoms with van der Waals surface area (Å²) in [5, 5.41) is 10.9. The summed E-state index contributed by atoms with van der Waals surface area (Å²) in [7, 11) is 0.299. The molecule has 34 heavy (non-hydrogen) atoms. The fraction of sp³-hybridized carbons (Fsp3) is 0.0938. The fourth-order valence-corrected chi connectivity index (χ4v) is 9.15. The number of nitrogens with zero attached hydrogens (tertiary/aromatic N) is 1. The van der Waals surface area contributed by atoms with Gasteiger partial charge in [-0.15, -0.1) is 0 Å². The summed E-state index contributed by atoms with van der Waals surface area (Å²) in [5.74, 6) is 0. The fourth-order valence-electron chi connectivity index (χ4n) is 5.63. The van der Waals surface area contributed by atoms with Gasteiger partial charge in [0.05, 0.1) is 12.1 Å². The number of aryl methyl sites for hydroxylation is 2. The van der Waals surface area contributed by atoms with Crippen LogP contribution in [0.1, 0.15) is 5.56 Å². The lowest BCUT2D eigenvalue weighted by atomic mass is 9.95. The van der Waals surface area contributed by atoms with Gasteiger partial charge in [-0.25, -0.2) is 4.57 Å². The van der Waals surface area contributed by atoms with Gasteiger partial charge in [0.15, 0.2) is 6.20 Å². The molecule has 0 aliphatic rings. The molecule has 1 nitrogen and oxygen atoms in total. The molecule has 0 N–H and O–H groups in total. The lowest BCUT2D eigenvalue weighted by Gasteiger charge is -2.25. The Labute approximate surface area is 201 Å². The Morgan fingerprint density at radius 1 is 0.588 bits per heavy atom. The minimum atomic E-state index is -1.86. The van der Waals surface area contributed by atoms with E-state index in [-0.39, 0.29) is 0 Å². The molecule has 0 fully saturated rings. The van der Waals surface area contributed by atoms with Crippen LogP contribution in [-0.4, -0.2) is 6.66 Å². The Balaban J connectivity index is 1.79. The van der Waals surface area contributed by atoms with Crippen molar-refractivity contribution in [2.24, 2.45) is 7.05 Å². The first-order chi connectivity index (χ1) is 16.6. The monoisotopic (exact) mass is 457 g/mol. The zero-order valence-electron chi connectivity index (χ0n) is 19.9. The maximum absolute atomic E-state index is 2.49. The normalized spacial score (nSPS) is 12.0. The molecule has 0 spiro atoms. The molecule has 0 aliphatic heterocycles. The number of pyridine rings is 1. The first-order valence-electron chi connectivity index (χ1n) is 11.8. The van der Waals surface area contributed by atoms with E-state index < -0.39 is 7.26 Å². The standard InChI is InChI=1S/C32H28NP/c1-23-30-25(22-26-20-19-24-13-11-21-33(2)32(24)31(23)26)12-10-18-29(30)34(3,27-14-6-4-7-15-27)28-16-8-5-9-17-28/h4-22H,1-3H3/q+2. The second-order valence-electron chi connectivity index (χ2n) is 9.27. The van der Waals surface area contributed by atoms with Gasteiger partial charge in [0, 0.05) is 16.8 Å². The van der Waals surface area contributed by atoms with Crippen LogP contribution in [0.3, 0.4) is 0 Å². The molecule has 164 valence electrons. The van der Waals surface area contributed by atoms with Gasteiger partial charge >= 0.3 is 0 Å². The molecule has 6 rings (SSSR count). The van der Waals surface area contributed by atoms with E-state index in [0.717, 1.165) is 0 Å². The van der Waals surface area contributed by atoms with Crippen LogP contribution < -0.4 is 20.5 Å². The summed E-state index contributed by atoms with van der Waals surface area (Å²) in [4.78, 5) is 0. The quantitative estimate of drug-likeness (QED) is 0.129. The molecular weight excluding hydrogens is 429 g/mol. The van der Waals surface area contributed by atoms with Crippen molar-refractivity contribution in [2.75, 3.05) is 6.66 Å². The Kier molecular flexibility index (Phi) is 4.97. The van der Waals surface area contributed by atoms with Gasteiger partial charge in [0.25, 0.3) is 0 Å². The SMILES string of the molecule is Cc1c2c([P+](C)(c3ccccc3)c3ccccc3)cccc2cc2ccc3ccc[n+](C)c3c12. The van der Waals surface area contributed by atoms with E-state index in [2.05, 4.69) is 141 Å². The van der Waals surface area contributed by atoms with Crippen LogP contribution in [0.25, 0.3) is 32.4 Å². The molecule has 1 heterocycles. The van der Waals surface area contributed by atoms with E-state index in [9.17, 15) is 0 Å². The van der Waals surface area contributed by atoms with E-state index in [1.54, 1.807) is 0 Å². The lowest BCUT2D eigenvalue weighted by Crippen LogP contribution is -2.31. The molecule has 0 saturated carbocycles. The van der Waals surface area contributed by atoms with Crippen molar-refractivity contribution >= 4 is 55.6 Å². The Bertz CT molecular complexity index is 1630. The number of fused-ring (bicyclic) bond motifs is 4. The predicted octanol–water partition coefficient (Wildman–Crippen LogP) is 6.20. The number of hydrogen-bond donors (Lipinski definition) is 0. The molecular formula is C32H28NP+2. The highest BCUT2D eigenvalue weighted by Gasteiger charge is 2.41. The van der Waals surface area contributed by atoms with Crippen molar-refractivity contribution in [3.8, 4) is 0 Å². The van der Waals surface area contributed by atoms with Gasteiger partial charge in [-0.3, -0.25) is 0 Å². The van der Waals surface area contributed by atoms with Crippen LogP contribution in [0.5, 0.6) is 0 Å². The van der Waals surface area contributed by atoms with E-state index in [1.807, 2.05) is 0 Å². The minimum Gasteiger partial charge on any atom is -0.200 e. The maximum Gasteiger partial charge on any atom is 0.220 e. The number of hydrogen-bond acceptors (Lipinski definition) is 0. The summed E-state index contributed by atoms with van der Waals surface area (Å²) >= 11 is 0. The van der Waals surface area contributed by atoms with E-state index in [0.29, 0.717) is 0 Å². The third kappa shape index (κ3) is 3.08. The summed E-state index contributed by atoms with van der Waals surface area (Å²) in [6.07, 6.45) is 2.16. The molecule has 0 unspecified atom stereocenters. The Morgan fingerprint density at radius 2 is 1.18 bits per heavy atom. The first kappa shape index (κ1) is 21.0. The van der Waals surface area contributed by atoms with Crippen molar-refractivity contribution < 1.29 is 4.57 Å². The largest absolute Gasteiger partial charge is 0.220 e. The lowest BCUT2D eigenvalue weighted by molar-refractivity contribution is -0.644.